The molecule has 0 saturated heterocycles. The van der Waals surface area contributed by atoms with E-state index in [9.17, 15) is 14.3 Å². The summed E-state index contributed by atoms with van der Waals surface area (Å²) in [5.74, 6) is -1.14. The van der Waals surface area contributed by atoms with Gasteiger partial charge in [-0.3, -0.25) is 4.79 Å². The van der Waals surface area contributed by atoms with Crippen molar-refractivity contribution in [3.8, 4) is 0 Å². The monoisotopic (exact) mass is 351 g/mol. The quantitative estimate of drug-likeness (QED) is 0.888. The van der Waals surface area contributed by atoms with E-state index in [1.807, 2.05) is 12.1 Å². The van der Waals surface area contributed by atoms with Crippen molar-refractivity contribution in [1.29, 1.82) is 0 Å². The maximum absolute atomic E-state index is 13.5. The molecule has 2 aromatic rings. The van der Waals surface area contributed by atoms with E-state index in [-0.39, 0.29) is 12.1 Å². The Hall–Kier alpha value is -1.72. The lowest BCUT2D eigenvalue weighted by atomic mass is 9.96. The highest BCUT2D eigenvalue weighted by atomic mass is 79.9. The van der Waals surface area contributed by atoms with Gasteiger partial charge in [0.15, 0.2) is 0 Å². The minimum Gasteiger partial charge on any atom is -0.384 e. The molecule has 0 bridgehead atoms. The van der Waals surface area contributed by atoms with Crippen LogP contribution in [0.2, 0.25) is 0 Å². The molecule has 0 fully saturated rings. The lowest BCUT2D eigenvalue weighted by Gasteiger charge is -2.24. The zero-order chi connectivity index (χ0) is 15.5. The highest BCUT2D eigenvalue weighted by molar-refractivity contribution is 9.10. The molecule has 0 aromatic heterocycles. The van der Waals surface area contributed by atoms with E-state index < -0.39 is 17.3 Å². The van der Waals surface area contributed by atoms with E-state index >= 15 is 0 Å². The van der Waals surface area contributed by atoms with Gasteiger partial charge in [-0.25, -0.2) is 4.39 Å². The average molecular weight is 352 g/mol. The molecule has 3 nitrogen and oxygen atoms in total. The van der Waals surface area contributed by atoms with Gasteiger partial charge in [0.05, 0.1) is 12.1 Å². The fraction of sp³-hybridized carbons (Fsp3) is 0.188. The van der Waals surface area contributed by atoms with Gasteiger partial charge in [0, 0.05) is 4.47 Å². The molecule has 2 aromatic carbocycles. The van der Waals surface area contributed by atoms with Crippen LogP contribution >= 0.6 is 15.9 Å². The van der Waals surface area contributed by atoms with Gasteiger partial charge in [-0.15, -0.1) is 0 Å². The summed E-state index contributed by atoms with van der Waals surface area (Å²) in [5.41, 5.74) is -0.606. The molecule has 0 aliphatic carbocycles. The number of amides is 1. The Morgan fingerprint density at radius 1 is 1.24 bits per heavy atom. The van der Waals surface area contributed by atoms with E-state index in [2.05, 4.69) is 21.2 Å². The molecule has 0 radical (unpaired) electrons. The van der Waals surface area contributed by atoms with E-state index in [0.717, 1.165) is 4.47 Å². The van der Waals surface area contributed by atoms with E-state index in [0.29, 0.717) is 5.56 Å². The number of carbonyl (C=O) groups excluding carboxylic acids is 1. The zero-order valence-corrected chi connectivity index (χ0v) is 13.0. The molecule has 21 heavy (non-hydrogen) atoms. The summed E-state index contributed by atoms with van der Waals surface area (Å²) in [7, 11) is 0. The largest absolute Gasteiger partial charge is 0.384 e. The molecule has 0 spiro atoms. The number of nitrogens with one attached hydrogen (secondary N) is 1. The Kier molecular flexibility index (Phi) is 4.75. The molecule has 1 atom stereocenters. The molecule has 0 heterocycles. The predicted octanol–water partition coefficient (Wildman–Crippen LogP) is 3.23. The van der Waals surface area contributed by atoms with Crippen LogP contribution in [-0.4, -0.2) is 17.6 Å². The Balaban J connectivity index is 2.06. The maximum atomic E-state index is 13.5. The summed E-state index contributed by atoms with van der Waals surface area (Å²) >= 11 is 3.32. The highest BCUT2D eigenvalue weighted by Crippen LogP contribution is 2.22. The number of rotatable bonds is 4. The van der Waals surface area contributed by atoms with Crippen LogP contribution in [0, 0.1) is 5.82 Å². The Bertz CT molecular complexity index is 641. The Morgan fingerprint density at radius 2 is 1.86 bits per heavy atom. The fourth-order valence-corrected chi connectivity index (χ4v) is 2.17. The van der Waals surface area contributed by atoms with E-state index in [1.54, 1.807) is 25.1 Å². The summed E-state index contributed by atoms with van der Waals surface area (Å²) < 4.78 is 14.4. The summed E-state index contributed by atoms with van der Waals surface area (Å²) in [6.45, 7) is 1.58. The molecule has 0 aliphatic heterocycles. The van der Waals surface area contributed by atoms with Crippen molar-refractivity contribution >= 4 is 21.8 Å². The summed E-state index contributed by atoms with van der Waals surface area (Å²) in [5, 5.41) is 13.0. The van der Waals surface area contributed by atoms with Crippen LogP contribution in [0.5, 0.6) is 0 Å². The second-order valence-electron chi connectivity index (χ2n) is 4.94. The number of benzene rings is 2. The van der Waals surface area contributed by atoms with Crippen LogP contribution in [0.1, 0.15) is 22.8 Å². The molecule has 110 valence electrons. The van der Waals surface area contributed by atoms with Gasteiger partial charge in [-0.05, 0) is 36.8 Å². The van der Waals surface area contributed by atoms with Crippen molar-refractivity contribution in [2.75, 3.05) is 6.54 Å². The lowest BCUT2D eigenvalue weighted by Crippen LogP contribution is -2.38. The Morgan fingerprint density at radius 3 is 2.48 bits per heavy atom. The average Bonchev–Trinajstić information content (AvgIpc) is 2.46. The molecule has 2 N–H and O–H groups in total. The lowest BCUT2D eigenvalue weighted by molar-refractivity contribution is 0.0525. The SMILES string of the molecule is CC(O)(CNC(=O)c1ccccc1F)c1ccc(Br)cc1. The summed E-state index contributed by atoms with van der Waals surface area (Å²) in [6.07, 6.45) is 0. The smallest absolute Gasteiger partial charge is 0.254 e. The molecular weight excluding hydrogens is 337 g/mol. The molecule has 1 unspecified atom stereocenters. The number of hydrogen-bond acceptors (Lipinski definition) is 2. The predicted molar refractivity (Wildman–Crippen MR) is 82.4 cm³/mol. The number of carbonyl (C=O) groups is 1. The molecular formula is C16H15BrFNO2. The van der Waals surface area contributed by atoms with Crippen molar-refractivity contribution in [2.45, 2.75) is 12.5 Å². The minimum absolute atomic E-state index is 0.0121. The summed E-state index contributed by atoms with van der Waals surface area (Å²) in [6, 6.07) is 12.9. The van der Waals surface area contributed by atoms with Crippen molar-refractivity contribution in [3.05, 3.63) is 69.9 Å². The third-order valence-corrected chi connectivity index (χ3v) is 3.71. The number of aliphatic hydroxyl groups is 1. The Labute approximate surface area is 130 Å². The third kappa shape index (κ3) is 3.89. The van der Waals surface area contributed by atoms with Gasteiger partial charge in [0.2, 0.25) is 0 Å². The fourth-order valence-electron chi connectivity index (χ4n) is 1.90. The van der Waals surface area contributed by atoms with Crippen LogP contribution in [0.4, 0.5) is 4.39 Å². The van der Waals surface area contributed by atoms with Crippen LogP contribution in [-0.2, 0) is 5.60 Å². The second-order valence-corrected chi connectivity index (χ2v) is 5.86. The number of hydrogen-bond donors (Lipinski definition) is 2. The van der Waals surface area contributed by atoms with Crippen LogP contribution in [0.3, 0.4) is 0 Å². The van der Waals surface area contributed by atoms with Crippen LogP contribution < -0.4 is 5.32 Å². The maximum Gasteiger partial charge on any atom is 0.254 e. The molecule has 0 aliphatic rings. The second kappa shape index (κ2) is 6.37. The van der Waals surface area contributed by atoms with E-state index in [4.69, 9.17) is 0 Å². The van der Waals surface area contributed by atoms with Crippen LogP contribution in [0.25, 0.3) is 0 Å². The van der Waals surface area contributed by atoms with Gasteiger partial charge < -0.3 is 10.4 Å². The third-order valence-electron chi connectivity index (χ3n) is 3.18. The standard InChI is InChI=1S/C16H15BrFNO2/c1-16(21,11-6-8-12(17)9-7-11)10-19-15(20)13-4-2-3-5-14(13)18/h2-9,21H,10H2,1H3,(H,19,20). The number of halogens is 2. The first-order valence-corrected chi connectivity index (χ1v) is 7.20. The van der Waals surface area contributed by atoms with Crippen molar-refractivity contribution in [1.82, 2.24) is 5.32 Å². The van der Waals surface area contributed by atoms with Gasteiger partial charge in [-0.1, -0.05) is 40.2 Å². The van der Waals surface area contributed by atoms with Crippen LogP contribution in [0.15, 0.2) is 53.0 Å². The van der Waals surface area contributed by atoms with Gasteiger partial charge >= 0.3 is 0 Å². The van der Waals surface area contributed by atoms with Crippen molar-refractivity contribution in [3.63, 3.8) is 0 Å². The highest BCUT2D eigenvalue weighted by Gasteiger charge is 2.24. The normalized spacial score (nSPS) is 13.5. The topological polar surface area (TPSA) is 49.3 Å². The molecule has 0 saturated carbocycles. The summed E-state index contributed by atoms with van der Waals surface area (Å²) in [4.78, 5) is 11.9. The minimum atomic E-state index is -1.23. The van der Waals surface area contributed by atoms with Gasteiger partial charge in [0.25, 0.3) is 5.91 Å². The van der Waals surface area contributed by atoms with Crippen molar-refractivity contribution < 1.29 is 14.3 Å². The van der Waals surface area contributed by atoms with Crippen molar-refractivity contribution in [2.24, 2.45) is 0 Å². The zero-order valence-electron chi connectivity index (χ0n) is 11.4. The van der Waals surface area contributed by atoms with Gasteiger partial charge in [0.1, 0.15) is 11.4 Å². The first-order chi connectivity index (χ1) is 9.90. The first-order valence-electron chi connectivity index (χ1n) is 6.41. The molecule has 1 amide bonds. The first kappa shape index (κ1) is 15.7. The molecule has 2 rings (SSSR count). The molecule has 5 heteroatoms. The van der Waals surface area contributed by atoms with Gasteiger partial charge in [-0.2, -0.15) is 0 Å². The van der Waals surface area contributed by atoms with E-state index in [1.165, 1.54) is 18.2 Å².